The van der Waals surface area contributed by atoms with E-state index in [9.17, 15) is 14.0 Å². The van der Waals surface area contributed by atoms with Crippen LogP contribution in [0.25, 0.3) is 0 Å². The summed E-state index contributed by atoms with van der Waals surface area (Å²) in [6.07, 6.45) is 0. The normalized spacial score (nSPS) is 10.2. The van der Waals surface area contributed by atoms with E-state index in [-0.39, 0.29) is 5.69 Å². The molecule has 1 heterocycles. The minimum Gasteiger partial charge on any atom is -0.478 e. The summed E-state index contributed by atoms with van der Waals surface area (Å²) < 4.78 is 13.5. The molecule has 7 heteroatoms. The van der Waals surface area contributed by atoms with E-state index in [4.69, 9.17) is 5.11 Å². The summed E-state index contributed by atoms with van der Waals surface area (Å²) in [4.78, 5) is 25.1. The lowest BCUT2D eigenvalue weighted by Crippen LogP contribution is -2.30. The molecule has 0 spiro atoms. The summed E-state index contributed by atoms with van der Waals surface area (Å²) in [5.74, 6) is -2.23. The number of nitrogens with zero attached hydrogens (tertiary/aromatic N) is 1. The smallest absolute Gasteiger partial charge is 0.338 e. The van der Waals surface area contributed by atoms with Gasteiger partial charge in [0.05, 0.1) is 12.1 Å². The van der Waals surface area contributed by atoms with Crippen LogP contribution >= 0.6 is 11.3 Å². The van der Waals surface area contributed by atoms with Gasteiger partial charge in [0.15, 0.2) is 0 Å². The molecule has 1 aromatic heterocycles. The van der Waals surface area contributed by atoms with Crippen LogP contribution in [0.1, 0.15) is 15.2 Å². The van der Waals surface area contributed by atoms with Crippen LogP contribution in [0.4, 0.5) is 14.9 Å². The van der Waals surface area contributed by atoms with Crippen LogP contribution < -0.4 is 5.32 Å². The fraction of sp³-hybridized carbons (Fsp3) is 0.143. The number of amides is 2. The summed E-state index contributed by atoms with van der Waals surface area (Å²) in [5.41, 5.74) is -0.222. The summed E-state index contributed by atoms with van der Waals surface area (Å²) >= 11 is 1.54. The molecule has 0 atom stereocenters. The van der Waals surface area contributed by atoms with Gasteiger partial charge < -0.3 is 15.3 Å². The molecule has 0 aliphatic carbocycles. The van der Waals surface area contributed by atoms with E-state index in [2.05, 4.69) is 5.32 Å². The lowest BCUT2D eigenvalue weighted by Gasteiger charge is -2.17. The van der Waals surface area contributed by atoms with E-state index in [1.807, 2.05) is 17.5 Å². The summed E-state index contributed by atoms with van der Waals surface area (Å²) in [6.45, 7) is 0.444. The van der Waals surface area contributed by atoms with Gasteiger partial charge in [0.25, 0.3) is 0 Å². The molecule has 1 aromatic carbocycles. The molecule has 110 valence electrons. The Hall–Kier alpha value is -2.41. The highest BCUT2D eigenvalue weighted by atomic mass is 32.1. The van der Waals surface area contributed by atoms with Gasteiger partial charge in [0, 0.05) is 17.6 Å². The Morgan fingerprint density at radius 1 is 1.38 bits per heavy atom. The first kappa shape index (κ1) is 15.0. The predicted molar refractivity (Wildman–Crippen MR) is 78.2 cm³/mol. The highest BCUT2D eigenvalue weighted by Crippen LogP contribution is 2.16. The van der Waals surface area contributed by atoms with Crippen molar-refractivity contribution in [1.29, 1.82) is 0 Å². The maximum atomic E-state index is 13.5. The van der Waals surface area contributed by atoms with Crippen molar-refractivity contribution in [2.75, 3.05) is 12.4 Å². The lowest BCUT2D eigenvalue weighted by atomic mass is 10.2. The first-order chi connectivity index (χ1) is 9.97. The van der Waals surface area contributed by atoms with E-state index in [1.165, 1.54) is 22.3 Å². The van der Waals surface area contributed by atoms with Crippen molar-refractivity contribution in [2.45, 2.75) is 6.54 Å². The average molecular weight is 308 g/mol. The number of urea groups is 1. The van der Waals surface area contributed by atoms with E-state index in [1.54, 1.807) is 7.05 Å². The summed E-state index contributed by atoms with van der Waals surface area (Å²) in [6, 6.07) is 6.86. The molecule has 0 bridgehead atoms. The number of nitrogens with one attached hydrogen (secondary N) is 1. The molecule has 0 radical (unpaired) electrons. The fourth-order valence-electron chi connectivity index (χ4n) is 1.69. The molecular weight excluding hydrogens is 295 g/mol. The maximum Gasteiger partial charge on any atom is 0.338 e. The summed E-state index contributed by atoms with van der Waals surface area (Å²) in [5, 5.41) is 13.2. The van der Waals surface area contributed by atoms with E-state index in [0.29, 0.717) is 6.54 Å². The van der Waals surface area contributed by atoms with Gasteiger partial charge in [-0.2, -0.15) is 0 Å². The number of carboxylic acid groups (broad SMARTS) is 1. The molecule has 2 N–H and O–H groups in total. The number of carbonyl (C=O) groups excluding carboxylic acids is 1. The minimum absolute atomic E-state index is 0.209. The van der Waals surface area contributed by atoms with Crippen molar-refractivity contribution < 1.29 is 19.1 Å². The molecule has 2 rings (SSSR count). The number of anilines is 1. The molecule has 0 fully saturated rings. The standard InChI is InChI=1S/C14H13FN2O3S/c1-17(8-10-3-2-6-21-10)14(20)16-9-4-5-11(13(18)19)12(15)7-9/h2-7H,8H2,1H3,(H,16,20)(H,18,19). The number of carboxylic acids is 1. The fourth-order valence-corrected chi connectivity index (χ4v) is 2.45. The molecular formula is C14H13FN2O3S. The van der Waals surface area contributed by atoms with Gasteiger partial charge in [-0.1, -0.05) is 6.07 Å². The molecule has 21 heavy (non-hydrogen) atoms. The van der Waals surface area contributed by atoms with Crippen molar-refractivity contribution in [3.8, 4) is 0 Å². The molecule has 0 saturated heterocycles. The van der Waals surface area contributed by atoms with Crippen LogP contribution in [-0.2, 0) is 6.54 Å². The average Bonchev–Trinajstić information content (AvgIpc) is 2.91. The van der Waals surface area contributed by atoms with Crippen molar-refractivity contribution in [2.24, 2.45) is 0 Å². The van der Waals surface area contributed by atoms with Crippen LogP contribution in [0.5, 0.6) is 0 Å². The first-order valence-electron chi connectivity index (χ1n) is 6.04. The SMILES string of the molecule is CN(Cc1cccs1)C(=O)Nc1ccc(C(=O)O)c(F)c1. The first-order valence-corrected chi connectivity index (χ1v) is 6.92. The lowest BCUT2D eigenvalue weighted by molar-refractivity contribution is 0.0692. The van der Waals surface area contributed by atoms with Crippen molar-refractivity contribution in [1.82, 2.24) is 4.90 Å². The third-order valence-electron chi connectivity index (χ3n) is 2.77. The van der Waals surface area contributed by atoms with Crippen LogP contribution in [0, 0.1) is 5.82 Å². The quantitative estimate of drug-likeness (QED) is 0.911. The highest BCUT2D eigenvalue weighted by Gasteiger charge is 2.13. The Morgan fingerprint density at radius 3 is 2.71 bits per heavy atom. The molecule has 0 aliphatic rings. The molecule has 0 aliphatic heterocycles. The van der Waals surface area contributed by atoms with Gasteiger partial charge in [-0.15, -0.1) is 11.3 Å². The topological polar surface area (TPSA) is 69.6 Å². The molecule has 2 amide bonds. The number of halogens is 1. The van der Waals surface area contributed by atoms with Gasteiger partial charge in [0.2, 0.25) is 0 Å². The number of hydrogen-bond acceptors (Lipinski definition) is 3. The van der Waals surface area contributed by atoms with Gasteiger partial charge in [-0.3, -0.25) is 0 Å². The zero-order chi connectivity index (χ0) is 15.4. The number of benzene rings is 1. The Labute approximate surface area is 124 Å². The number of carbonyl (C=O) groups is 2. The van der Waals surface area contributed by atoms with E-state index in [0.717, 1.165) is 17.0 Å². The third-order valence-corrected chi connectivity index (χ3v) is 3.63. The van der Waals surface area contributed by atoms with Crippen LogP contribution in [-0.4, -0.2) is 29.1 Å². The van der Waals surface area contributed by atoms with Crippen LogP contribution in [0.2, 0.25) is 0 Å². The predicted octanol–water partition coefficient (Wildman–Crippen LogP) is 3.25. The zero-order valence-electron chi connectivity index (χ0n) is 11.2. The van der Waals surface area contributed by atoms with Gasteiger partial charge in [-0.05, 0) is 29.6 Å². The highest BCUT2D eigenvalue weighted by molar-refractivity contribution is 7.09. The number of rotatable bonds is 4. The Bertz CT molecular complexity index is 658. The van der Waals surface area contributed by atoms with Crippen LogP contribution in [0.15, 0.2) is 35.7 Å². The second-order valence-electron chi connectivity index (χ2n) is 4.37. The second-order valence-corrected chi connectivity index (χ2v) is 5.40. The zero-order valence-corrected chi connectivity index (χ0v) is 12.0. The Balaban J connectivity index is 2.02. The minimum atomic E-state index is -1.35. The maximum absolute atomic E-state index is 13.5. The third kappa shape index (κ3) is 3.79. The van der Waals surface area contributed by atoms with Gasteiger partial charge in [-0.25, -0.2) is 14.0 Å². The Kier molecular flexibility index (Phi) is 4.54. The molecule has 0 unspecified atom stereocenters. The van der Waals surface area contributed by atoms with Gasteiger partial charge in [0.1, 0.15) is 5.82 Å². The monoisotopic (exact) mass is 308 g/mol. The Morgan fingerprint density at radius 2 is 2.14 bits per heavy atom. The number of aromatic carboxylic acids is 1. The number of hydrogen-bond donors (Lipinski definition) is 2. The van der Waals surface area contributed by atoms with Gasteiger partial charge >= 0.3 is 12.0 Å². The van der Waals surface area contributed by atoms with E-state index >= 15 is 0 Å². The van der Waals surface area contributed by atoms with E-state index < -0.39 is 23.4 Å². The van der Waals surface area contributed by atoms with Crippen molar-refractivity contribution in [3.05, 3.63) is 52.0 Å². The summed E-state index contributed by atoms with van der Waals surface area (Å²) in [7, 11) is 1.62. The largest absolute Gasteiger partial charge is 0.478 e. The van der Waals surface area contributed by atoms with Crippen molar-refractivity contribution in [3.63, 3.8) is 0 Å². The second kappa shape index (κ2) is 6.36. The number of thiophene rings is 1. The molecule has 2 aromatic rings. The van der Waals surface area contributed by atoms with Crippen molar-refractivity contribution >= 4 is 29.0 Å². The molecule has 0 saturated carbocycles. The molecule has 5 nitrogen and oxygen atoms in total. The van der Waals surface area contributed by atoms with Crippen LogP contribution in [0.3, 0.4) is 0 Å².